The smallest absolute Gasteiger partial charge is 0.296 e. The van der Waals surface area contributed by atoms with Crippen molar-refractivity contribution in [2.75, 3.05) is 7.05 Å². The zero-order valence-electron chi connectivity index (χ0n) is 9.12. The topological polar surface area (TPSA) is 29.1 Å². The van der Waals surface area contributed by atoms with E-state index in [1.54, 1.807) is 0 Å². The van der Waals surface area contributed by atoms with Gasteiger partial charge in [0.25, 0.3) is 5.91 Å². The van der Waals surface area contributed by atoms with Crippen LogP contribution in [0.1, 0.15) is 13.3 Å². The highest BCUT2D eigenvalue weighted by molar-refractivity contribution is 5.93. The maximum absolute atomic E-state index is 10.6. The molecule has 0 unspecified atom stereocenters. The summed E-state index contributed by atoms with van der Waals surface area (Å²) >= 11 is 0. The summed E-state index contributed by atoms with van der Waals surface area (Å²) in [6, 6.07) is 0. The normalized spacial score (nSPS) is 5.38. The first kappa shape index (κ1) is 13.3. The molecule has 0 bridgehead atoms. The maximum atomic E-state index is 10.6. The van der Waals surface area contributed by atoms with Crippen molar-refractivity contribution in [2.24, 2.45) is 0 Å². The Bertz CT molecular complexity index is 543. The summed E-state index contributed by atoms with van der Waals surface area (Å²) in [7, 11) is 1.50. The lowest BCUT2D eigenvalue weighted by molar-refractivity contribution is -0.115. The van der Waals surface area contributed by atoms with Gasteiger partial charge in [-0.25, -0.2) is 0 Å². The van der Waals surface area contributed by atoms with E-state index in [-0.39, 0.29) is 5.91 Å². The molecule has 1 amide bonds. The van der Waals surface area contributed by atoms with Crippen LogP contribution < -0.4 is 5.32 Å². The van der Waals surface area contributed by atoms with Crippen LogP contribution in [0.2, 0.25) is 0 Å². The fourth-order valence-electron chi connectivity index (χ4n) is 0.471. The van der Waals surface area contributed by atoms with Crippen molar-refractivity contribution >= 4 is 5.91 Å². The molecule has 76 valence electrons. The molecule has 0 heterocycles. The van der Waals surface area contributed by atoms with Gasteiger partial charge in [-0.05, 0) is 47.4 Å². The fourth-order valence-corrected chi connectivity index (χ4v) is 0.471. The Morgan fingerprint density at radius 1 is 0.938 bits per heavy atom. The Morgan fingerprint density at radius 3 is 1.94 bits per heavy atom. The molecule has 0 rings (SSSR count). The second-order valence-corrected chi connectivity index (χ2v) is 2.23. The molecule has 0 aromatic carbocycles. The summed E-state index contributed by atoms with van der Waals surface area (Å²) in [6.45, 7) is 1.94. The molecule has 1 N–H and O–H groups in total. The standard InChI is InChI=1S/C14H9NO/c1-3-4-5-6-7-8-9-10-11-12-13-14(16)15-2/h3H2,1-2H3,(H,15,16). The lowest BCUT2D eigenvalue weighted by atomic mass is 10.4. The summed E-state index contributed by atoms with van der Waals surface area (Å²) in [4.78, 5) is 10.6. The predicted octanol–water partition coefficient (Wildman–Crippen LogP) is 0.159. The van der Waals surface area contributed by atoms with Gasteiger partial charge < -0.3 is 5.32 Å². The predicted molar refractivity (Wildman–Crippen MR) is 63.2 cm³/mol. The SMILES string of the molecule is CCC#CC#CC#CC#CC#CC(=O)NC. The van der Waals surface area contributed by atoms with Crippen molar-refractivity contribution in [2.45, 2.75) is 13.3 Å². The second-order valence-electron chi connectivity index (χ2n) is 2.23. The Balaban J connectivity index is 4.18. The Kier molecular flexibility index (Phi) is 8.59. The van der Waals surface area contributed by atoms with Gasteiger partial charge in [0.2, 0.25) is 0 Å². The molecule has 0 atom stereocenters. The van der Waals surface area contributed by atoms with Crippen LogP contribution in [0.4, 0.5) is 0 Å². The molecule has 0 aromatic heterocycles. The molecule has 0 aromatic rings. The van der Waals surface area contributed by atoms with Crippen molar-refractivity contribution in [3.63, 3.8) is 0 Å². The molecule has 0 saturated carbocycles. The largest absolute Gasteiger partial charge is 0.348 e. The highest BCUT2D eigenvalue weighted by Crippen LogP contribution is 1.64. The minimum absolute atomic E-state index is 0.378. The first-order chi connectivity index (χ1) is 7.81. The van der Waals surface area contributed by atoms with Gasteiger partial charge in [-0.2, -0.15) is 0 Å². The fraction of sp³-hybridized carbons (Fsp3) is 0.214. The average molecular weight is 207 g/mol. The van der Waals surface area contributed by atoms with Crippen LogP contribution in [0, 0.1) is 59.2 Å². The minimum atomic E-state index is -0.378. The molecule has 0 aliphatic rings. The lowest BCUT2D eigenvalue weighted by Crippen LogP contribution is -2.14. The van der Waals surface area contributed by atoms with Crippen LogP contribution in [0.25, 0.3) is 0 Å². The van der Waals surface area contributed by atoms with E-state index in [1.165, 1.54) is 7.05 Å². The number of hydrogen-bond acceptors (Lipinski definition) is 1. The van der Waals surface area contributed by atoms with Crippen LogP contribution in [-0.4, -0.2) is 13.0 Å². The van der Waals surface area contributed by atoms with Crippen LogP contribution in [0.3, 0.4) is 0 Å². The molecular formula is C14H9NO. The molecule has 2 heteroatoms. The van der Waals surface area contributed by atoms with Gasteiger partial charge in [-0.1, -0.05) is 12.8 Å². The van der Waals surface area contributed by atoms with Crippen molar-refractivity contribution in [3.8, 4) is 59.2 Å². The van der Waals surface area contributed by atoms with Gasteiger partial charge in [0, 0.05) is 19.4 Å². The summed E-state index contributed by atoms with van der Waals surface area (Å²) < 4.78 is 0. The Hall–Kier alpha value is -2.73. The van der Waals surface area contributed by atoms with E-state index >= 15 is 0 Å². The quantitative estimate of drug-likeness (QED) is 0.563. The van der Waals surface area contributed by atoms with Gasteiger partial charge in [-0.3, -0.25) is 4.79 Å². The lowest BCUT2D eigenvalue weighted by Gasteiger charge is -1.80. The van der Waals surface area contributed by atoms with Crippen LogP contribution >= 0.6 is 0 Å². The van der Waals surface area contributed by atoms with E-state index in [1.807, 2.05) is 6.92 Å². The average Bonchev–Trinajstić information content (AvgIpc) is 2.31. The molecular weight excluding hydrogens is 198 g/mol. The first-order valence-electron chi connectivity index (χ1n) is 4.51. The monoisotopic (exact) mass is 207 g/mol. The number of carbonyl (C=O) groups is 1. The van der Waals surface area contributed by atoms with Crippen LogP contribution in [0.5, 0.6) is 0 Å². The molecule has 2 nitrogen and oxygen atoms in total. The van der Waals surface area contributed by atoms with Crippen LogP contribution in [0.15, 0.2) is 0 Å². The van der Waals surface area contributed by atoms with Gasteiger partial charge in [0.15, 0.2) is 0 Å². The zero-order chi connectivity index (χ0) is 12.1. The molecule has 0 spiro atoms. The first-order valence-corrected chi connectivity index (χ1v) is 4.51. The number of carbonyl (C=O) groups excluding carboxylic acids is 1. The van der Waals surface area contributed by atoms with Crippen molar-refractivity contribution in [3.05, 3.63) is 0 Å². The van der Waals surface area contributed by atoms with Gasteiger partial charge in [0.05, 0.1) is 0 Å². The Morgan fingerprint density at radius 2 is 1.44 bits per heavy atom. The van der Waals surface area contributed by atoms with Crippen LogP contribution in [-0.2, 0) is 4.79 Å². The number of rotatable bonds is 0. The van der Waals surface area contributed by atoms with E-state index in [2.05, 4.69) is 64.5 Å². The van der Waals surface area contributed by atoms with E-state index < -0.39 is 0 Å². The molecule has 16 heavy (non-hydrogen) atoms. The molecule has 0 aliphatic heterocycles. The highest BCUT2D eigenvalue weighted by Gasteiger charge is 1.82. The number of nitrogens with one attached hydrogen (secondary N) is 1. The molecule has 0 saturated heterocycles. The summed E-state index contributed by atoms with van der Waals surface area (Å²) in [5.74, 6) is 24.5. The van der Waals surface area contributed by atoms with Gasteiger partial charge in [0.1, 0.15) is 0 Å². The Labute approximate surface area is 96.2 Å². The maximum Gasteiger partial charge on any atom is 0.296 e. The summed E-state index contributed by atoms with van der Waals surface area (Å²) in [5, 5.41) is 2.34. The third-order valence-corrected chi connectivity index (χ3v) is 1.11. The van der Waals surface area contributed by atoms with Gasteiger partial charge >= 0.3 is 0 Å². The van der Waals surface area contributed by atoms with E-state index in [4.69, 9.17) is 0 Å². The third kappa shape index (κ3) is 9.36. The number of amides is 1. The molecule has 0 fully saturated rings. The minimum Gasteiger partial charge on any atom is -0.348 e. The van der Waals surface area contributed by atoms with Gasteiger partial charge in [-0.15, -0.1) is 0 Å². The summed E-state index contributed by atoms with van der Waals surface area (Å²) in [5.41, 5.74) is 0. The molecule has 0 radical (unpaired) electrons. The van der Waals surface area contributed by atoms with Crippen molar-refractivity contribution < 1.29 is 4.79 Å². The zero-order valence-corrected chi connectivity index (χ0v) is 9.12. The van der Waals surface area contributed by atoms with E-state index in [9.17, 15) is 4.79 Å². The van der Waals surface area contributed by atoms with E-state index in [0.29, 0.717) is 0 Å². The number of hydrogen-bond donors (Lipinski definition) is 1. The highest BCUT2D eigenvalue weighted by atomic mass is 16.1. The van der Waals surface area contributed by atoms with Crippen molar-refractivity contribution in [1.82, 2.24) is 5.32 Å². The third-order valence-electron chi connectivity index (χ3n) is 1.11. The van der Waals surface area contributed by atoms with E-state index in [0.717, 1.165) is 6.42 Å². The molecule has 0 aliphatic carbocycles. The second kappa shape index (κ2) is 10.4. The summed E-state index contributed by atoms with van der Waals surface area (Å²) in [6.07, 6.45) is 0.775. The van der Waals surface area contributed by atoms with Crippen molar-refractivity contribution in [1.29, 1.82) is 0 Å².